The molecular formula is C33H37BrN2O5. The predicted molar refractivity (Wildman–Crippen MR) is 162 cm³/mol. The fourth-order valence-corrected chi connectivity index (χ4v) is 6.09. The summed E-state index contributed by atoms with van der Waals surface area (Å²) in [4.78, 5) is 18.7. The van der Waals surface area contributed by atoms with E-state index in [-0.39, 0.29) is 5.41 Å². The maximum atomic E-state index is 11.8. The van der Waals surface area contributed by atoms with Gasteiger partial charge in [0, 0.05) is 46.8 Å². The zero-order chi connectivity index (χ0) is 29.4. The first-order chi connectivity index (χ1) is 19.4. The van der Waals surface area contributed by atoms with Crippen molar-refractivity contribution in [3.63, 3.8) is 0 Å². The second kappa shape index (κ2) is 11.2. The number of aliphatic hydroxyl groups is 1. The number of fused-ring (bicyclic) bond motifs is 2. The summed E-state index contributed by atoms with van der Waals surface area (Å²) in [6.07, 6.45) is 5.41. The number of benzene rings is 2. The van der Waals surface area contributed by atoms with Gasteiger partial charge in [-0.25, -0.2) is 4.79 Å². The number of carboxylic acid groups (broad SMARTS) is 1. The van der Waals surface area contributed by atoms with Crippen LogP contribution < -0.4 is 9.47 Å². The predicted octanol–water partition coefficient (Wildman–Crippen LogP) is 6.42. The Morgan fingerprint density at radius 1 is 1.17 bits per heavy atom. The van der Waals surface area contributed by atoms with Gasteiger partial charge in [-0.1, -0.05) is 54.1 Å². The first kappa shape index (κ1) is 29.3. The van der Waals surface area contributed by atoms with Crippen LogP contribution in [0.25, 0.3) is 5.57 Å². The molecule has 3 aromatic rings. The summed E-state index contributed by atoms with van der Waals surface area (Å²) >= 11 is 3.50. The zero-order valence-electron chi connectivity index (χ0n) is 24.0. The number of nitrogens with zero attached hydrogens (tertiary/aromatic N) is 2. The van der Waals surface area contributed by atoms with Crippen LogP contribution in [-0.4, -0.2) is 51.3 Å². The number of likely N-dealkylation sites (tertiary alicyclic amines) is 1. The Balaban J connectivity index is 1.39. The Kier molecular flexibility index (Phi) is 8.03. The van der Waals surface area contributed by atoms with E-state index in [4.69, 9.17) is 9.47 Å². The molecule has 3 heterocycles. The van der Waals surface area contributed by atoms with E-state index in [9.17, 15) is 15.0 Å². The van der Waals surface area contributed by atoms with Crippen molar-refractivity contribution < 1.29 is 24.5 Å². The summed E-state index contributed by atoms with van der Waals surface area (Å²) in [7, 11) is 0. The number of halogens is 1. The van der Waals surface area contributed by atoms with E-state index in [0.717, 1.165) is 58.5 Å². The van der Waals surface area contributed by atoms with Crippen molar-refractivity contribution in [1.82, 2.24) is 9.88 Å². The standard InChI is InChI=1S/C33H37BrN2O5/c1-31(2)21-36(18-15-33(31,39)22-9-11-23(34)12-10-22)17-6-8-25-26-7-5-16-35-28(26)20-40-29-14-13-24(19-27(25)29)41-32(3,4)30(37)38/h5,7-14,16,19,39H,6,15,17-18,20-21H2,1-4H3,(H,37,38)/b25-8+/t33-/m0/s1. The summed E-state index contributed by atoms with van der Waals surface area (Å²) in [6, 6.07) is 17.4. The number of ether oxygens (including phenoxy) is 2. The lowest BCUT2D eigenvalue weighted by Gasteiger charge is -2.50. The third kappa shape index (κ3) is 5.92. The molecule has 1 atom stereocenters. The van der Waals surface area contributed by atoms with Crippen molar-refractivity contribution >= 4 is 27.5 Å². The van der Waals surface area contributed by atoms with Gasteiger partial charge in [-0.2, -0.15) is 0 Å². The van der Waals surface area contributed by atoms with Gasteiger partial charge in [-0.15, -0.1) is 0 Å². The molecule has 0 aliphatic carbocycles. The van der Waals surface area contributed by atoms with E-state index >= 15 is 0 Å². The molecule has 216 valence electrons. The fourth-order valence-electron chi connectivity index (χ4n) is 5.83. The smallest absolute Gasteiger partial charge is 0.347 e. The average molecular weight is 622 g/mol. The van der Waals surface area contributed by atoms with Gasteiger partial charge in [0.1, 0.15) is 18.1 Å². The molecular weight excluding hydrogens is 584 g/mol. The van der Waals surface area contributed by atoms with Crippen molar-refractivity contribution in [2.24, 2.45) is 5.41 Å². The molecule has 1 saturated heterocycles. The molecule has 2 aliphatic rings. The van der Waals surface area contributed by atoms with E-state index in [1.54, 1.807) is 12.3 Å². The second-order valence-electron chi connectivity index (χ2n) is 12.0. The van der Waals surface area contributed by atoms with Crippen molar-refractivity contribution in [3.05, 3.63) is 93.7 Å². The Morgan fingerprint density at radius 3 is 2.63 bits per heavy atom. The van der Waals surface area contributed by atoms with Crippen molar-refractivity contribution in [2.45, 2.75) is 58.3 Å². The summed E-state index contributed by atoms with van der Waals surface area (Å²) in [6.45, 7) is 10.1. The largest absolute Gasteiger partial charge is 0.487 e. The van der Waals surface area contributed by atoms with E-state index in [1.807, 2.05) is 48.5 Å². The van der Waals surface area contributed by atoms with Crippen LogP contribution in [0.4, 0.5) is 0 Å². The number of carboxylic acids is 1. The highest BCUT2D eigenvalue weighted by Gasteiger charge is 2.48. The van der Waals surface area contributed by atoms with Gasteiger partial charge in [0.05, 0.1) is 11.3 Å². The summed E-state index contributed by atoms with van der Waals surface area (Å²) in [5.41, 5.74) is 2.02. The van der Waals surface area contributed by atoms with Crippen LogP contribution in [0.15, 0.2) is 71.3 Å². The Hall–Kier alpha value is -3.20. The first-order valence-electron chi connectivity index (χ1n) is 13.9. The molecule has 5 rings (SSSR count). The highest BCUT2D eigenvalue weighted by molar-refractivity contribution is 9.10. The van der Waals surface area contributed by atoms with Crippen LogP contribution in [0.3, 0.4) is 0 Å². The molecule has 0 saturated carbocycles. The van der Waals surface area contributed by atoms with E-state index in [2.05, 4.69) is 45.7 Å². The van der Waals surface area contributed by atoms with E-state index in [0.29, 0.717) is 24.5 Å². The van der Waals surface area contributed by atoms with Crippen LogP contribution in [-0.2, 0) is 17.0 Å². The molecule has 0 spiro atoms. The molecule has 0 amide bonds. The number of aliphatic carboxylic acids is 1. The maximum absolute atomic E-state index is 11.8. The highest BCUT2D eigenvalue weighted by atomic mass is 79.9. The minimum atomic E-state index is -1.37. The molecule has 2 N–H and O–H groups in total. The number of piperidine rings is 1. The van der Waals surface area contributed by atoms with Crippen molar-refractivity contribution in [2.75, 3.05) is 19.6 Å². The quantitative estimate of drug-likeness (QED) is 0.315. The maximum Gasteiger partial charge on any atom is 0.347 e. The molecule has 0 unspecified atom stereocenters. The van der Waals surface area contributed by atoms with Crippen molar-refractivity contribution in [3.8, 4) is 11.5 Å². The number of pyridine rings is 1. The molecule has 7 nitrogen and oxygen atoms in total. The number of carbonyl (C=O) groups is 1. The van der Waals surface area contributed by atoms with Gasteiger partial charge in [-0.3, -0.25) is 4.98 Å². The molecule has 41 heavy (non-hydrogen) atoms. The molecule has 0 bridgehead atoms. The van der Waals surface area contributed by atoms with Gasteiger partial charge < -0.3 is 24.6 Å². The molecule has 2 aliphatic heterocycles. The Bertz CT molecular complexity index is 1470. The lowest BCUT2D eigenvalue weighted by atomic mass is 9.66. The third-order valence-electron chi connectivity index (χ3n) is 8.32. The summed E-state index contributed by atoms with van der Waals surface area (Å²) < 4.78 is 13.0. The number of aromatic nitrogens is 1. The van der Waals surface area contributed by atoms with Crippen LogP contribution in [0.2, 0.25) is 0 Å². The van der Waals surface area contributed by atoms with Crippen molar-refractivity contribution in [1.29, 1.82) is 0 Å². The Labute approximate surface area is 250 Å². The van der Waals surface area contributed by atoms with Gasteiger partial charge >= 0.3 is 5.97 Å². The Morgan fingerprint density at radius 2 is 1.93 bits per heavy atom. The number of hydrogen-bond acceptors (Lipinski definition) is 6. The summed E-state index contributed by atoms with van der Waals surface area (Å²) in [5, 5.41) is 21.3. The van der Waals surface area contributed by atoms with Gasteiger partial charge in [0.15, 0.2) is 5.60 Å². The number of hydrogen-bond donors (Lipinski definition) is 2. The van der Waals surface area contributed by atoms with Crippen LogP contribution in [0.5, 0.6) is 11.5 Å². The first-order valence-corrected chi connectivity index (χ1v) is 14.7. The van der Waals surface area contributed by atoms with E-state index < -0.39 is 17.2 Å². The van der Waals surface area contributed by atoms with Crippen LogP contribution in [0.1, 0.15) is 62.9 Å². The molecule has 0 radical (unpaired) electrons. The second-order valence-corrected chi connectivity index (χ2v) is 13.0. The molecule has 2 aromatic carbocycles. The van der Waals surface area contributed by atoms with Gasteiger partial charge in [0.2, 0.25) is 0 Å². The minimum absolute atomic E-state index is 0.339. The van der Waals surface area contributed by atoms with Gasteiger partial charge in [0.25, 0.3) is 0 Å². The third-order valence-corrected chi connectivity index (χ3v) is 8.85. The minimum Gasteiger partial charge on any atom is -0.487 e. The molecule has 8 heteroatoms. The normalized spacial score (nSPS) is 21.4. The van der Waals surface area contributed by atoms with Crippen LogP contribution >= 0.6 is 15.9 Å². The topological polar surface area (TPSA) is 92.1 Å². The monoisotopic (exact) mass is 620 g/mol. The lowest BCUT2D eigenvalue weighted by Crippen LogP contribution is -2.55. The molecule has 1 fully saturated rings. The lowest BCUT2D eigenvalue weighted by molar-refractivity contribution is -0.152. The average Bonchev–Trinajstić information content (AvgIpc) is 3.07. The SMILES string of the molecule is CC(C)(Oc1ccc2c(c1)/C(=C/CCN1CC[C@](O)(c3ccc(Br)cc3)C(C)(C)C1)c1cccnc1CO2)C(=O)O. The van der Waals surface area contributed by atoms with E-state index in [1.165, 1.54) is 13.8 Å². The van der Waals surface area contributed by atoms with Gasteiger partial charge in [-0.05, 0) is 74.2 Å². The zero-order valence-corrected chi connectivity index (χ0v) is 25.6. The fraction of sp³-hybridized carbons (Fsp3) is 0.394. The van der Waals surface area contributed by atoms with Crippen LogP contribution in [0, 0.1) is 5.41 Å². The number of rotatable bonds is 7. The summed E-state index contributed by atoms with van der Waals surface area (Å²) in [5.74, 6) is 0.127. The highest BCUT2D eigenvalue weighted by Crippen LogP contribution is 2.46. The molecule has 1 aromatic heterocycles.